The molecule has 100 valence electrons. The van der Waals surface area contributed by atoms with E-state index in [1.54, 1.807) is 0 Å². The lowest BCUT2D eigenvalue weighted by Crippen LogP contribution is -2.48. The molecular formula is C14H20ClNOS. The Morgan fingerprint density at radius 3 is 3.00 bits per heavy atom. The third-order valence-electron chi connectivity index (χ3n) is 3.62. The average Bonchev–Trinajstić information content (AvgIpc) is 2.85. The summed E-state index contributed by atoms with van der Waals surface area (Å²) in [4.78, 5) is 1.34. The minimum atomic E-state index is -1.00. The van der Waals surface area contributed by atoms with E-state index in [2.05, 4.69) is 17.4 Å². The van der Waals surface area contributed by atoms with Crippen LogP contribution in [-0.2, 0) is 12.0 Å². The second-order valence-corrected chi connectivity index (χ2v) is 6.16. The molecule has 0 radical (unpaired) electrons. The number of benzene rings is 1. The largest absolute Gasteiger partial charge is 0.382 e. The fourth-order valence-electron chi connectivity index (χ4n) is 2.37. The molecule has 1 aromatic carbocycles. The third-order valence-corrected chi connectivity index (χ3v) is 5.14. The zero-order valence-corrected chi connectivity index (χ0v) is 12.4. The number of fused-ring (bicyclic) bond motifs is 1. The van der Waals surface area contributed by atoms with Crippen LogP contribution in [0.15, 0.2) is 23.1 Å². The highest BCUT2D eigenvalue weighted by atomic mass is 35.5. The summed E-state index contributed by atoms with van der Waals surface area (Å²) >= 11 is 7.91. The molecule has 2 N–H and O–H groups in total. The highest BCUT2D eigenvalue weighted by Gasteiger charge is 2.35. The molecule has 4 heteroatoms. The molecule has 0 amide bonds. The van der Waals surface area contributed by atoms with E-state index in [1.807, 2.05) is 31.7 Å². The Morgan fingerprint density at radius 1 is 1.56 bits per heavy atom. The first kappa shape index (κ1) is 14.2. The Labute approximate surface area is 118 Å². The minimum absolute atomic E-state index is 0.0629. The zero-order chi connectivity index (χ0) is 13.2. The Kier molecular flexibility index (Phi) is 4.59. The zero-order valence-electron chi connectivity index (χ0n) is 10.9. The van der Waals surface area contributed by atoms with Gasteiger partial charge in [0.25, 0.3) is 0 Å². The molecule has 0 saturated carbocycles. The lowest BCUT2D eigenvalue weighted by molar-refractivity contribution is 0.0257. The van der Waals surface area contributed by atoms with Crippen molar-refractivity contribution in [1.29, 1.82) is 0 Å². The summed E-state index contributed by atoms with van der Waals surface area (Å²) in [6.07, 6.45) is 1.09. The van der Waals surface area contributed by atoms with E-state index in [4.69, 9.17) is 11.6 Å². The van der Waals surface area contributed by atoms with Crippen LogP contribution in [0, 0.1) is 0 Å². The van der Waals surface area contributed by atoms with Crippen molar-refractivity contribution in [1.82, 2.24) is 5.32 Å². The fourth-order valence-corrected chi connectivity index (χ4v) is 3.81. The monoisotopic (exact) mass is 285 g/mol. The van der Waals surface area contributed by atoms with Crippen LogP contribution in [0.1, 0.15) is 25.0 Å². The van der Waals surface area contributed by atoms with Gasteiger partial charge in [-0.3, -0.25) is 0 Å². The van der Waals surface area contributed by atoms with E-state index in [-0.39, 0.29) is 11.9 Å². The molecule has 1 aromatic rings. The highest BCUT2D eigenvalue weighted by Crippen LogP contribution is 2.35. The second-order valence-electron chi connectivity index (χ2n) is 4.76. The Bertz CT molecular complexity index is 426. The van der Waals surface area contributed by atoms with Crippen LogP contribution in [0.2, 0.25) is 0 Å². The van der Waals surface area contributed by atoms with E-state index >= 15 is 0 Å². The topological polar surface area (TPSA) is 32.3 Å². The standard InChI is InChI=1S/C14H20ClNOS/c1-3-16-10(2)14(17,9-15)12-4-5-13-11(8-12)6-7-18-13/h4-5,8,10,16-17H,3,6-7,9H2,1-2H3. The lowest BCUT2D eigenvalue weighted by Gasteiger charge is -2.33. The minimum Gasteiger partial charge on any atom is -0.382 e. The van der Waals surface area contributed by atoms with Gasteiger partial charge in [-0.25, -0.2) is 0 Å². The van der Waals surface area contributed by atoms with Crippen molar-refractivity contribution in [2.75, 3.05) is 18.2 Å². The van der Waals surface area contributed by atoms with Crippen LogP contribution >= 0.6 is 23.4 Å². The van der Waals surface area contributed by atoms with E-state index in [9.17, 15) is 5.11 Å². The van der Waals surface area contributed by atoms with Crippen molar-refractivity contribution >= 4 is 23.4 Å². The average molecular weight is 286 g/mol. The van der Waals surface area contributed by atoms with Crippen molar-refractivity contribution < 1.29 is 5.11 Å². The number of likely N-dealkylation sites (N-methyl/N-ethyl adjacent to an activating group) is 1. The molecule has 0 aliphatic carbocycles. The van der Waals surface area contributed by atoms with E-state index in [0.29, 0.717) is 0 Å². The summed E-state index contributed by atoms with van der Waals surface area (Å²) < 4.78 is 0. The van der Waals surface area contributed by atoms with Gasteiger partial charge in [0, 0.05) is 16.7 Å². The van der Waals surface area contributed by atoms with Gasteiger partial charge in [-0.15, -0.1) is 23.4 Å². The molecule has 2 nitrogen and oxygen atoms in total. The molecule has 0 bridgehead atoms. The van der Waals surface area contributed by atoms with Crippen LogP contribution in [0.25, 0.3) is 0 Å². The van der Waals surface area contributed by atoms with Crippen molar-refractivity contribution in [3.05, 3.63) is 29.3 Å². The first-order valence-electron chi connectivity index (χ1n) is 6.39. The summed E-state index contributed by atoms with van der Waals surface area (Å²) in [6, 6.07) is 6.17. The van der Waals surface area contributed by atoms with Crippen molar-refractivity contribution in [3.8, 4) is 0 Å². The molecule has 2 unspecified atom stereocenters. The number of hydrogen-bond acceptors (Lipinski definition) is 3. The molecule has 2 rings (SSSR count). The number of hydrogen-bond donors (Lipinski definition) is 2. The van der Waals surface area contributed by atoms with Gasteiger partial charge in [0.15, 0.2) is 0 Å². The molecule has 0 fully saturated rings. The normalized spacial score (nSPS) is 19.3. The SMILES string of the molecule is CCNC(C)C(O)(CCl)c1ccc2c(c1)CCS2. The number of aliphatic hydroxyl groups is 1. The van der Waals surface area contributed by atoms with Gasteiger partial charge >= 0.3 is 0 Å². The van der Waals surface area contributed by atoms with Crippen LogP contribution in [-0.4, -0.2) is 29.3 Å². The number of halogens is 1. The molecule has 1 aliphatic rings. The molecule has 0 aromatic heterocycles. The van der Waals surface area contributed by atoms with Crippen LogP contribution in [0.5, 0.6) is 0 Å². The molecule has 1 aliphatic heterocycles. The molecule has 0 saturated heterocycles. The lowest BCUT2D eigenvalue weighted by atomic mass is 9.87. The van der Waals surface area contributed by atoms with E-state index in [0.717, 1.165) is 24.3 Å². The predicted octanol–water partition coefficient (Wildman–Crippen LogP) is 2.76. The van der Waals surface area contributed by atoms with Gasteiger partial charge in [0.05, 0.1) is 5.88 Å². The Morgan fingerprint density at radius 2 is 2.33 bits per heavy atom. The predicted molar refractivity (Wildman–Crippen MR) is 78.6 cm³/mol. The molecular weight excluding hydrogens is 266 g/mol. The summed E-state index contributed by atoms with van der Waals surface area (Å²) in [5.41, 5.74) is 1.26. The molecule has 0 spiro atoms. The maximum atomic E-state index is 10.8. The van der Waals surface area contributed by atoms with Crippen molar-refractivity contribution in [2.24, 2.45) is 0 Å². The van der Waals surface area contributed by atoms with Gasteiger partial charge in [-0.2, -0.15) is 0 Å². The van der Waals surface area contributed by atoms with Gasteiger partial charge in [0.2, 0.25) is 0 Å². The summed E-state index contributed by atoms with van der Waals surface area (Å²) in [5.74, 6) is 1.34. The van der Waals surface area contributed by atoms with Gasteiger partial charge in [-0.1, -0.05) is 19.1 Å². The third kappa shape index (κ3) is 2.55. The quantitative estimate of drug-likeness (QED) is 0.816. The molecule has 2 atom stereocenters. The summed E-state index contributed by atoms with van der Waals surface area (Å²) in [7, 11) is 0. The van der Waals surface area contributed by atoms with E-state index < -0.39 is 5.60 Å². The van der Waals surface area contributed by atoms with Crippen LogP contribution < -0.4 is 5.32 Å². The highest BCUT2D eigenvalue weighted by molar-refractivity contribution is 7.99. The molecule has 18 heavy (non-hydrogen) atoms. The Hall–Kier alpha value is -0.220. The smallest absolute Gasteiger partial charge is 0.118 e. The number of alkyl halides is 1. The second kappa shape index (κ2) is 5.83. The number of nitrogens with one attached hydrogen (secondary N) is 1. The number of thioether (sulfide) groups is 1. The van der Waals surface area contributed by atoms with Gasteiger partial charge < -0.3 is 10.4 Å². The fraction of sp³-hybridized carbons (Fsp3) is 0.571. The summed E-state index contributed by atoms with van der Waals surface area (Å²) in [6.45, 7) is 4.83. The maximum absolute atomic E-state index is 10.8. The van der Waals surface area contributed by atoms with Crippen LogP contribution in [0.4, 0.5) is 0 Å². The summed E-state index contributed by atoms with van der Waals surface area (Å²) in [5, 5.41) is 14.1. The van der Waals surface area contributed by atoms with Crippen LogP contribution in [0.3, 0.4) is 0 Å². The van der Waals surface area contributed by atoms with Crippen molar-refractivity contribution in [2.45, 2.75) is 36.8 Å². The maximum Gasteiger partial charge on any atom is 0.118 e. The Balaban J connectivity index is 2.32. The number of aryl methyl sites for hydroxylation is 1. The van der Waals surface area contributed by atoms with Crippen molar-refractivity contribution in [3.63, 3.8) is 0 Å². The first-order valence-corrected chi connectivity index (χ1v) is 7.91. The first-order chi connectivity index (χ1) is 8.61. The number of rotatable bonds is 5. The molecule has 1 heterocycles. The van der Waals surface area contributed by atoms with Gasteiger partial charge in [0.1, 0.15) is 5.60 Å². The van der Waals surface area contributed by atoms with Gasteiger partial charge in [-0.05, 0) is 37.1 Å². The van der Waals surface area contributed by atoms with E-state index in [1.165, 1.54) is 10.5 Å².